The van der Waals surface area contributed by atoms with Crippen molar-refractivity contribution in [3.05, 3.63) is 71.8 Å². The molecule has 4 nitrogen and oxygen atoms in total. The van der Waals surface area contributed by atoms with Crippen LogP contribution in [0.5, 0.6) is 0 Å². The van der Waals surface area contributed by atoms with Crippen molar-refractivity contribution in [1.82, 2.24) is 0 Å². The maximum absolute atomic E-state index is 11.9. The van der Waals surface area contributed by atoms with Crippen LogP contribution in [0.15, 0.2) is 60.7 Å². The third kappa shape index (κ3) is 6.14. The number of benzene rings is 2. The fourth-order valence-electron chi connectivity index (χ4n) is 2.11. The first kappa shape index (κ1) is 19.4. The molecule has 25 heavy (non-hydrogen) atoms. The Kier molecular flexibility index (Phi) is 7.88. The van der Waals surface area contributed by atoms with Crippen LogP contribution in [-0.2, 0) is 19.1 Å². The zero-order valence-electron chi connectivity index (χ0n) is 13.6. The maximum Gasteiger partial charge on any atom is 0.323 e. The lowest BCUT2D eigenvalue weighted by Gasteiger charge is -2.12. The van der Waals surface area contributed by atoms with Gasteiger partial charge in [-0.3, -0.25) is 9.59 Å². The summed E-state index contributed by atoms with van der Waals surface area (Å²) in [5.74, 6) is -0.838. The van der Waals surface area contributed by atoms with Crippen molar-refractivity contribution in [2.75, 3.05) is 13.2 Å². The average molecular weight is 376 g/mol. The molecule has 0 saturated carbocycles. The quantitative estimate of drug-likeness (QED) is 0.418. The van der Waals surface area contributed by atoms with Gasteiger partial charge in [-0.05, 0) is 11.1 Å². The fourth-order valence-corrected chi connectivity index (χ4v) is 2.60. The van der Waals surface area contributed by atoms with Gasteiger partial charge in [0, 0.05) is 6.42 Å². The molecule has 0 aliphatic rings. The molecule has 2 aromatic carbocycles. The first-order valence-electron chi connectivity index (χ1n) is 7.89. The van der Waals surface area contributed by atoms with Crippen molar-refractivity contribution in [3.63, 3.8) is 0 Å². The van der Waals surface area contributed by atoms with Crippen LogP contribution in [0.4, 0.5) is 0 Å². The highest BCUT2D eigenvalue weighted by Gasteiger charge is 2.18. The largest absolute Gasteiger partial charge is 0.464 e. The number of thiol groups is 2. The molecule has 0 fully saturated rings. The van der Waals surface area contributed by atoms with Gasteiger partial charge >= 0.3 is 11.9 Å². The van der Waals surface area contributed by atoms with Crippen molar-refractivity contribution in [2.45, 2.75) is 16.9 Å². The lowest BCUT2D eigenvalue weighted by atomic mass is 10.1. The maximum atomic E-state index is 11.9. The summed E-state index contributed by atoms with van der Waals surface area (Å²) in [7, 11) is 0. The van der Waals surface area contributed by atoms with Crippen LogP contribution in [-0.4, -0.2) is 25.2 Å². The van der Waals surface area contributed by atoms with E-state index in [1.54, 1.807) is 0 Å². The zero-order valence-corrected chi connectivity index (χ0v) is 15.4. The van der Waals surface area contributed by atoms with Crippen LogP contribution in [0, 0.1) is 0 Å². The van der Waals surface area contributed by atoms with Gasteiger partial charge in [-0.1, -0.05) is 60.7 Å². The van der Waals surface area contributed by atoms with E-state index in [1.807, 2.05) is 60.7 Å². The number of hydrogen-bond acceptors (Lipinski definition) is 6. The molecule has 132 valence electrons. The van der Waals surface area contributed by atoms with Crippen molar-refractivity contribution in [2.24, 2.45) is 0 Å². The van der Waals surface area contributed by atoms with E-state index < -0.39 is 22.4 Å². The van der Waals surface area contributed by atoms with E-state index in [1.165, 1.54) is 0 Å². The summed E-state index contributed by atoms with van der Waals surface area (Å²) in [6.07, 6.45) is 0.419. The van der Waals surface area contributed by atoms with Gasteiger partial charge in [0.25, 0.3) is 0 Å². The smallest absolute Gasteiger partial charge is 0.323 e. The Bertz CT molecular complexity index is 617. The van der Waals surface area contributed by atoms with Crippen molar-refractivity contribution >= 4 is 37.2 Å². The molecule has 2 atom stereocenters. The highest BCUT2D eigenvalue weighted by molar-refractivity contribution is 7.81. The molecule has 0 saturated heterocycles. The van der Waals surface area contributed by atoms with Crippen LogP contribution in [0.1, 0.15) is 28.0 Å². The molecule has 6 heteroatoms. The molecule has 0 aliphatic carbocycles. The Labute approximate surface area is 158 Å². The van der Waals surface area contributed by atoms with Crippen LogP contribution < -0.4 is 0 Å². The number of hydrogen-bond donors (Lipinski definition) is 2. The molecule has 0 radical (unpaired) electrons. The lowest BCUT2D eigenvalue weighted by Crippen LogP contribution is -2.16. The minimum absolute atomic E-state index is 0.165. The van der Waals surface area contributed by atoms with E-state index in [-0.39, 0.29) is 13.2 Å². The minimum Gasteiger partial charge on any atom is -0.464 e. The number of ether oxygens (including phenoxy) is 2. The predicted molar refractivity (Wildman–Crippen MR) is 103 cm³/mol. The van der Waals surface area contributed by atoms with Gasteiger partial charge in [0.05, 0.1) is 13.2 Å². The molecule has 0 bridgehead atoms. The van der Waals surface area contributed by atoms with Crippen molar-refractivity contribution < 1.29 is 19.1 Å². The Morgan fingerprint density at radius 2 is 1.08 bits per heavy atom. The first-order chi connectivity index (χ1) is 12.1. The lowest BCUT2D eigenvalue weighted by molar-refractivity contribution is -0.145. The second-order valence-corrected chi connectivity index (χ2v) is 6.35. The third-order valence-corrected chi connectivity index (χ3v) is 4.47. The molecule has 0 aliphatic heterocycles. The standard InChI is InChI=1S/C19H20O4S2/c20-18(16(24)14-8-3-1-4-9-14)22-12-7-13-23-19(21)17(25)15-10-5-2-6-11-15/h1-6,8-11,16-17,24-25H,7,12-13H2. The van der Waals surface area contributed by atoms with E-state index in [9.17, 15) is 9.59 Å². The second-order valence-electron chi connectivity index (χ2n) is 5.31. The van der Waals surface area contributed by atoms with E-state index in [0.717, 1.165) is 11.1 Å². The molecule has 2 unspecified atom stereocenters. The number of carbonyl (C=O) groups is 2. The SMILES string of the molecule is O=C(OCCCOC(=O)C(S)c1ccccc1)C(S)c1ccccc1. The van der Waals surface area contributed by atoms with Crippen LogP contribution in [0.3, 0.4) is 0 Å². The molecule has 0 aromatic heterocycles. The fraction of sp³-hybridized carbons (Fsp3) is 0.263. The van der Waals surface area contributed by atoms with Gasteiger partial charge in [0.1, 0.15) is 10.5 Å². The van der Waals surface area contributed by atoms with Gasteiger partial charge in [0.15, 0.2) is 0 Å². The van der Waals surface area contributed by atoms with Gasteiger partial charge in [-0.25, -0.2) is 0 Å². The summed E-state index contributed by atoms with van der Waals surface area (Å²) in [6.45, 7) is 0.331. The van der Waals surface area contributed by atoms with E-state index in [4.69, 9.17) is 9.47 Å². The molecule has 0 spiro atoms. The van der Waals surface area contributed by atoms with Gasteiger partial charge in [-0.2, -0.15) is 25.3 Å². The number of carbonyl (C=O) groups excluding carboxylic acids is 2. The summed E-state index contributed by atoms with van der Waals surface area (Å²) in [5.41, 5.74) is 1.56. The van der Waals surface area contributed by atoms with E-state index in [2.05, 4.69) is 25.3 Å². The molecule has 0 amide bonds. The highest BCUT2D eigenvalue weighted by Crippen LogP contribution is 2.22. The van der Waals surface area contributed by atoms with Crippen LogP contribution in [0.25, 0.3) is 0 Å². The molecular formula is C19H20O4S2. The Hall–Kier alpha value is -1.92. The number of rotatable bonds is 8. The number of esters is 2. The monoisotopic (exact) mass is 376 g/mol. The Morgan fingerprint density at radius 3 is 1.44 bits per heavy atom. The molecular weight excluding hydrogens is 356 g/mol. The summed E-state index contributed by atoms with van der Waals surface area (Å²) >= 11 is 8.54. The Balaban J connectivity index is 1.66. The highest BCUT2D eigenvalue weighted by atomic mass is 32.1. The first-order valence-corrected chi connectivity index (χ1v) is 8.92. The second kappa shape index (κ2) is 10.2. The van der Waals surface area contributed by atoms with Gasteiger partial charge in [-0.15, -0.1) is 0 Å². The topological polar surface area (TPSA) is 52.6 Å². The van der Waals surface area contributed by atoms with Crippen molar-refractivity contribution in [3.8, 4) is 0 Å². The van der Waals surface area contributed by atoms with Crippen LogP contribution in [0.2, 0.25) is 0 Å². The molecule has 2 aromatic rings. The third-order valence-electron chi connectivity index (χ3n) is 3.45. The predicted octanol–water partition coefficient (Wildman–Crippen LogP) is 3.81. The van der Waals surface area contributed by atoms with Gasteiger partial charge in [0.2, 0.25) is 0 Å². The molecule has 0 heterocycles. The molecule has 0 N–H and O–H groups in total. The molecule has 2 rings (SSSR count). The van der Waals surface area contributed by atoms with E-state index in [0.29, 0.717) is 6.42 Å². The van der Waals surface area contributed by atoms with Crippen LogP contribution >= 0.6 is 25.3 Å². The normalized spacial score (nSPS) is 12.9. The Morgan fingerprint density at radius 1 is 0.720 bits per heavy atom. The average Bonchev–Trinajstić information content (AvgIpc) is 2.67. The summed E-state index contributed by atoms with van der Waals surface area (Å²) in [6, 6.07) is 18.4. The summed E-state index contributed by atoms with van der Waals surface area (Å²) in [4.78, 5) is 23.8. The van der Waals surface area contributed by atoms with Gasteiger partial charge < -0.3 is 9.47 Å². The van der Waals surface area contributed by atoms with E-state index >= 15 is 0 Å². The van der Waals surface area contributed by atoms with Crippen molar-refractivity contribution in [1.29, 1.82) is 0 Å². The zero-order chi connectivity index (χ0) is 18.1. The summed E-state index contributed by atoms with van der Waals surface area (Å²) < 4.78 is 10.3. The minimum atomic E-state index is -0.622. The summed E-state index contributed by atoms with van der Waals surface area (Å²) in [5, 5.41) is -1.24.